The van der Waals surface area contributed by atoms with Gasteiger partial charge in [-0.05, 0) is 42.4 Å². The second-order valence-electron chi connectivity index (χ2n) is 16.5. The minimum Gasteiger partial charge on any atom is -0.372 e. The van der Waals surface area contributed by atoms with E-state index in [-0.39, 0.29) is 48.8 Å². The first kappa shape index (κ1) is 47.5. The van der Waals surface area contributed by atoms with Crippen LogP contribution >= 0.6 is 0 Å². The molecule has 3 unspecified atom stereocenters. The van der Waals surface area contributed by atoms with Gasteiger partial charge in [-0.15, -0.1) is 0 Å². The first-order chi connectivity index (χ1) is 31.4. The van der Waals surface area contributed by atoms with Crippen LogP contribution < -0.4 is 27.0 Å². The zero-order chi connectivity index (χ0) is 46.3. The van der Waals surface area contributed by atoms with Crippen LogP contribution in [0.4, 0.5) is 0 Å². The SMILES string of the molecule is CCCC(NC(=O)[C@@H]1C[C@@H](OCc2ccccc2)CN1C(=O)C(NC(=O)c1ccccc1C(=O)c1ccccc1)C1CCCCC1)C(=O)C(=O)NCC(=O)NC(C(N)=O)c1ccccc1. The number of hydrogen-bond donors (Lipinski definition) is 5. The number of primary amides is 1. The summed E-state index contributed by atoms with van der Waals surface area (Å²) in [5, 5.41) is 10.4. The van der Waals surface area contributed by atoms with Gasteiger partial charge in [0.05, 0.1) is 30.9 Å². The summed E-state index contributed by atoms with van der Waals surface area (Å²) in [5.74, 6) is -6.16. The van der Waals surface area contributed by atoms with Gasteiger partial charge >= 0.3 is 0 Å². The van der Waals surface area contributed by atoms with Crippen LogP contribution in [-0.4, -0.2) is 89.2 Å². The molecule has 340 valence electrons. The van der Waals surface area contributed by atoms with E-state index >= 15 is 4.79 Å². The standard InChI is InChI=1S/C50H56N6O9/c1-2-17-39(45(59)49(63)52-29-41(57)54-42(46(51)60)33-20-9-4-10-21-33)53-48(62)40-28-36(65-31-32-18-7-3-8-19-32)30-56(40)50(64)43(34-22-11-5-12-23-34)55-47(61)38-27-16-15-26-37(38)44(58)35-24-13-6-14-25-35/h3-4,6-10,13-16,18-21,24-27,34,36,39-40,42-43H,2,5,11-12,17,22-23,28-31H2,1H3,(H2,51,60)(H,52,63)(H,53,62)(H,54,57)(H,55,61)/t36-,39?,40+,42?,43?/m1/s1. The second kappa shape index (κ2) is 23.1. The van der Waals surface area contributed by atoms with Crippen molar-refractivity contribution in [3.63, 3.8) is 0 Å². The van der Waals surface area contributed by atoms with E-state index < -0.39 is 78.0 Å². The number of Topliss-reactive ketones (excluding diaryl/α,β-unsaturated/α-hetero) is 1. The zero-order valence-corrected chi connectivity index (χ0v) is 36.4. The Morgan fingerprint density at radius 1 is 0.738 bits per heavy atom. The van der Waals surface area contributed by atoms with Crippen LogP contribution in [0.2, 0.25) is 0 Å². The van der Waals surface area contributed by atoms with Gasteiger partial charge in [0.25, 0.3) is 11.8 Å². The van der Waals surface area contributed by atoms with E-state index in [4.69, 9.17) is 10.5 Å². The van der Waals surface area contributed by atoms with Crippen molar-refractivity contribution in [3.8, 4) is 0 Å². The summed E-state index contributed by atoms with van der Waals surface area (Å²) in [6, 6.07) is 28.0. The number of ketones is 2. The Bertz CT molecular complexity index is 2320. The third-order valence-corrected chi connectivity index (χ3v) is 11.9. The highest BCUT2D eigenvalue weighted by Crippen LogP contribution is 2.31. The van der Waals surface area contributed by atoms with Crippen LogP contribution in [0.1, 0.15) is 102 Å². The molecule has 15 heteroatoms. The fourth-order valence-electron chi connectivity index (χ4n) is 8.48. The monoisotopic (exact) mass is 884 g/mol. The number of nitrogens with one attached hydrogen (secondary N) is 4. The van der Waals surface area contributed by atoms with Crippen LogP contribution in [0, 0.1) is 5.92 Å². The van der Waals surface area contributed by atoms with Crippen LogP contribution in [0.3, 0.4) is 0 Å². The minimum atomic E-state index is -1.31. The third-order valence-electron chi connectivity index (χ3n) is 11.9. The molecule has 6 rings (SSSR count). The molecule has 2 aliphatic rings. The number of rotatable bonds is 20. The lowest BCUT2D eigenvalue weighted by Crippen LogP contribution is -2.58. The van der Waals surface area contributed by atoms with Gasteiger partial charge in [0, 0.05) is 24.1 Å². The molecule has 1 saturated carbocycles. The van der Waals surface area contributed by atoms with E-state index in [1.807, 2.05) is 30.3 Å². The highest BCUT2D eigenvalue weighted by atomic mass is 16.5. The Kier molecular flexibility index (Phi) is 16.9. The average Bonchev–Trinajstić information content (AvgIpc) is 3.78. The number of carbonyl (C=O) groups is 8. The quantitative estimate of drug-likeness (QED) is 0.0636. The first-order valence-corrected chi connectivity index (χ1v) is 22.2. The van der Waals surface area contributed by atoms with E-state index in [1.54, 1.807) is 91.9 Å². The molecule has 1 aliphatic carbocycles. The molecular formula is C50H56N6O9. The summed E-state index contributed by atoms with van der Waals surface area (Å²) in [4.78, 5) is 110. The highest BCUT2D eigenvalue weighted by Gasteiger charge is 2.45. The molecular weight excluding hydrogens is 829 g/mol. The molecule has 4 aromatic carbocycles. The summed E-state index contributed by atoms with van der Waals surface area (Å²) in [7, 11) is 0. The number of amides is 6. The van der Waals surface area contributed by atoms with Crippen molar-refractivity contribution in [2.75, 3.05) is 13.1 Å². The van der Waals surface area contributed by atoms with Crippen molar-refractivity contribution in [2.45, 2.75) is 95.2 Å². The summed E-state index contributed by atoms with van der Waals surface area (Å²) in [6.07, 6.45) is 3.85. The molecule has 4 aromatic rings. The molecule has 5 atom stereocenters. The molecule has 6 N–H and O–H groups in total. The lowest BCUT2D eigenvalue weighted by molar-refractivity contribution is -0.143. The maximum absolute atomic E-state index is 15.0. The molecule has 0 aromatic heterocycles. The fraction of sp³-hybridized carbons (Fsp3) is 0.360. The predicted octanol–water partition coefficient (Wildman–Crippen LogP) is 4.10. The number of nitrogens with zero attached hydrogens (tertiary/aromatic N) is 1. The van der Waals surface area contributed by atoms with E-state index in [9.17, 15) is 33.6 Å². The Balaban J connectivity index is 1.20. The van der Waals surface area contributed by atoms with E-state index in [2.05, 4.69) is 21.3 Å². The summed E-state index contributed by atoms with van der Waals surface area (Å²) < 4.78 is 6.28. The lowest BCUT2D eigenvalue weighted by Gasteiger charge is -2.35. The predicted molar refractivity (Wildman–Crippen MR) is 241 cm³/mol. The van der Waals surface area contributed by atoms with Gasteiger partial charge in [-0.1, -0.05) is 142 Å². The largest absolute Gasteiger partial charge is 0.372 e. The molecule has 1 heterocycles. The summed E-state index contributed by atoms with van der Waals surface area (Å²) in [6.45, 7) is 1.32. The molecule has 0 radical (unpaired) electrons. The van der Waals surface area contributed by atoms with Crippen molar-refractivity contribution in [3.05, 3.63) is 143 Å². The van der Waals surface area contributed by atoms with Crippen LogP contribution in [0.25, 0.3) is 0 Å². The Labute approximate surface area is 378 Å². The number of hydrogen-bond acceptors (Lipinski definition) is 9. The van der Waals surface area contributed by atoms with Crippen LogP contribution in [0.5, 0.6) is 0 Å². The summed E-state index contributed by atoms with van der Waals surface area (Å²) >= 11 is 0. The minimum absolute atomic E-state index is 0.00317. The first-order valence-electron chi connectivity index (χ1n) is 22.2. The van der Waals surface area contributed by atoms with Crippen molar-refractivity contribution in [2.24, 2.45) is 11.7 Å². The van der Waals surface area contributed by atoms with Gasteiger partial charge in [-0.25, -0.2) is 0 Å². The third kappa shape index (κ3) is 12.6. The maximum Gasteiger partial charge on any atom is 0.290 e. The molecule has 0 spiro atoms. The van der Waals surface area contributed by atoms with Crippen LogP contribution in [-0.2, 0) is 40.1 Å². The van der Waals surface area contributed by atoms with Gasteiger partial charge in [0.15, 0.2) is 5.78 Å². The van der Waals surface area contributed by atoms with E-state index in [0.29, 0.717) is 30.4 Å². The van der Waals surface area contributed by atoms with Gasteiger partial charge in [-0.3, -0.25) is 38.4 Å². The van der Waals surface area contributed by atoms with E-state index in [1.165, 1.54) is 4.90 Å². The number of nitrogens with two attached hydrogens (primary N) is 1. The van der Waals surface area contributed by atoms with Crippen molar-refractivity contribution < 1.29 is 43.1 Å². The Morgan fingerprint density at radius 2 is 1.35 bits per heavy atom. The topological polar surface area (TPSA) is 223 Å². The van der Waals surface area contributed by atoms with Crippen molar-refractivity contribution >= 4 is 47.0 Å². The van der Waals surface area contributed by atoms with Gasteiger partial charge in [0.1, 0.15) is 18.1 Å². The van der Waals surface area contributed by atoms with Crippen molar-refractivity contribution in [1.82, 2.24) is 26.2 Å². The molecule has 65 heavy (non-hydrogen) atoms. The van der Waals surface area contributed by atoms with Gasteiger partial charge in [0.2, 0.25) is 29.4 Å². The highest BCUT2D eigenvalue weighted by molar-refractivity contribution is 6.38. The number of benzene rings is 4. The van der Waals surface area contributed by atoms with Gasteiger partial charge in [-0.2, -0.15) is 0 Å². The Morgan fingerprint density at radius 3 is 2.00 bits per heavy atom. The molecule has 6 amide bonds. The molecule has 1 saturated heterocycles. The molecule has 15 nitrogen and oxygen atoms in total. The average molecular weight is 885 g/mol. The summed E-state index contributed by atoms with van der Waals surface area (Å²) in [5.41, 5.74) is 7.51. The second-order valence-corrected chi connectivity index (χ2v) is 16.5. The zero-order valence-electron chi connectivity index (χ0n) is 36.4. The number of ether oxygens (including phenoxy) is 1. The molecule has 2 fully saturated rings. The smallest absolute Gasteiger partial charge is 0.290 e. The van der Waals surface area contributed by atoms with Crippen molar-refractivity contribution in [1.29, 1.82) is 0 Å². The number of likely N-dealkylation sites (tertiary alicyclic amines) is 1. The number of carbonyl (C=O) groups excluding carboxylic acids is 8. The Hall–Kier alpha value is -7.00. The van der Waals surface area contributed by atoms with Gasteiger partial charge < -0.3 is 36.6 Å². The lowest BCUT2D eigenvalue weighted by atomic mass is 9.83. The normalized spacial score (nSPS) is 17.5. The van der Waals surface area contributed by atoms with Crippen LogP contribution in [0.15, 0.2) is 115 Å². The fourth-order valence-corrected chi connectivity index (χ4v) is 8.48. The molecule has 1 aliphatic heterocycles. The van der Waals surface area contributed by atoms with E-state index in [0.717, 1.165) is 24.8 Å². The maximum atomic E-state index is 15.0. The molecule has 0 bridgehead atoms.